The minimum absolute atomic E-state index is 0.123. The summed E-state index contributed by atoms with van der Waals surface area (Å²) in [6.45, 7) is 6.30. The number of hydrogen-bond acceptors (Lipinski definition) is 6. The minimum Gasteiger partial charge on any atom is -0.462 e. The molecule has 0 heterocycles. The Balaban J connectivity index is 4.55. The molecule has 0 aromatic heterocycles. The molecule has 0 saturated heterocycles. The molecule has 0 aromatic rings. The largest absolute Gasteiger partial charge is 0.462 e. The molecular weight excluding hydrogens is 769 g/mol. The first-order valence-electron chi connectivity index (χ1n) is 24.3. The summed E-state index contributed by atoms with van der Waals surface area (Å²) in [5.74, 6) is -1.04. The van der Waals surface area contributed by atoms with Gasteiger partial charge in [0, 0.05) is 19.3 Å². The number of carbonyl (C=O) groups is 3. The monoisotopic (exact) mass is 855 g/mol. The molecule has 0 aliphatic heterocycles. The Kier molecular flexibility index (Phi) is 45.7. The molecule has 0 N–H and O–H groups in total. The smallest absolute Gasteiger partial charge is 0.306 e. The SMILES string of the molecule is CC\C=C/C=C\C=C/C=C\C=C\C=C/CCCCCC(=O)OC(COC(=O)CCC/C=C\CCCCCC)COC(=O)CCCCCCC\C=C/C=C\C=C/C=C\CCCCC. The van der Waals surface area contributed by atoms with Gasteiger partial charge in [0.05, 0.1) is 0 Å². The van der Waals surface area contributed by atoms with Crippen molar-refractivity contribution in [3.05, 3.63) is 134 Å². The van der Waals surface area contributed by atoms with Gasteiger partial charge in [0.2, 0.25) is 0 Å². The molecule has 0 fully saturated rings. The zero-order valence-corrected chi connectivity index (χ0v) is 39.3. The van der Waals surface area contributed by atoms with Crippen LogP contribution in [0.5, 0.6) is 0 Å². The number of rotatable bonds is 41. The summed E-state index contributed by atoms with van der Waals surface area (Å²) in [5, 5.41) is 0. The average molecular weight is 855 g/mol. The second-order valence-corrected chi connectivity index (χ2v) is 15.5. The third-order valence-corrected chi connectivity index (χ3v) is 9.61. The summed E-state index contributed by atoms with van der Waals surface area (Å²) in [6.07, 6.45) is 68.6. The number of unbranched alkanes of at least 4 members (excludes halogenated alkanes) is 16. The van der Waals surface area contributed by atoms with Crippen LogP contribution in [0.4, 0.5) is 0 Å². The van der Waals surface area contributed by atoms with E-state index in [1.807, 2.05) is 60.8 Å². The molecule has 1 atom stereocenters. The zero-order chi connectivity index (χ0) is 45.1. The molecule has 0 rings (SSSR count). The van der Waals surface area contributed by atoms with Crippen LogP contribution in [-0.2, 0) is 28.6 Å². The van der Waals surface area contributed by atoms with Crippen LogP contribution >= 0.6 is 0 Å². The lowest BCUT2D eigenvalue weighted by molar-refractivity contribution is -0.167. The molecule has 0 radical (unpaired) electrons. The summed E-state index contributed by atoms with van der Waals surface area (Å²) in [7, 11) is 0. The van der Waals surface area contributed by atoms with Crippen molar-refractivity contribution >= 4 is 17.9 Å². The van der Waals surface area contributed by atoms with Crippen molar-refractivity contribution in [2.75, 3.05) is 13.2 Å². The van der Waals surface area contributed by atoms with Crippen LogP contribution in [-0.4, -0.2) is 37.2 Å². The van der Waals surface area contributed by atoms with Gasteiger partial charge in [-0.25, -0.2) is 0 Å². The van der Waals surface area contributed by atoms with Gasteiger partial charge < -0.3 is 14.2 Å². The van der Waals surface area contributed by atoms with E-state index in [0.717, 1.165) is 83.5 Å². The molecule has 346 valence electrons. The fourth-order valence-electron chi connectivity index (χ4n) is 5.96. The second-order valence-electron chi connectivity index (χ2n) is 15.5. The van der Waals surface area contributed by atoms with E-state index in [0.29, 0.717) is 19.3 Å². The summed E-state index contributed by atoms with van der Waals surface area (Å²) in [4.78, 5) is 37.8. The molecule has 0 saturated carbocycles. The van der Waals surface area contributed by atoms with E-state index >= 15 is 0 Å². The van der Waals surface area contributed by atoms with Gasteiger partial charge in [0.15, 0.2) is 6.10 Å². The Morgan fingerprint density at radius 3 is 1.15 bits per heavy atom. The Bertz CT molecular complexity index is 1400. The molecule has 0 aromatic carbocycles. The van der Waals surface area contributed by atoms with Crippen LogP contribution in [0.3, 0.4) is 0 Å². The van der Waals surface area contributed by atoms with Crippen LogP contribution < -0.4 is 0 Å². The van der Waals surface area contributed by atoms with E-state index in [-0.39, 0.29) is 44.0 Å². The van der Waals surface area contributed by atoms with Gasteiger partial charge in [0.1, 0.15) is 13.2 Å². The van der Waals surface area contributed by atoms with E-state index in [2.05, 4.69) is 93.7 Å². The van der Waals surface area contributed by atoms with Crippen molar-refractivity contribution in [3.8, 4) is 0 Å². The molecule has 0 aliphatic rings. The van der Waals surface area contributed by atoms with E-state index in [1.165, 1.54) is 44.9 Å². The van der Waals surface area contributed by atoms with Crippen LogP contribution in [0, 0.1) is 0 Å². The summed E-state index contributed by atoms with van der Waals surface area (Å²) >= 11 is 0. The highest BCUT2D eigenvalue weighted by Crippen LogP contribution is 2.11. The zero-order valence-electron chi connectivity index (χ0n) is 39.3. The maximum absolute atomic E-state index is 12.7. The summed E-state index contributed by atoms with van der Waals surface area (Å²) in [5.41, 5.74) is 0. The molecule has 0 bridgehead atoms. The maximum atomic E-state index is 12.7. The highest BCUT2D eigenvalue weighted by Gasteiger charge is 2.19. The van der Waals surface area contributed by atoms with E-state index in [4.69, 9.17) is 14.2 Å². The minimum atomic E-state index is -0.826. The van der Waals surface area contributed by atoms with E-state index in [1.54, 1.807) is 0 Å². The fraction of sp³-hybridized carbons (Fsp3) is 0.554. The van der Waals surface area contributed by atoms with Crippen molar-refractivity contribution in [2.24, 2.45) is 0 Å². The van der Waals surface area contributed by atoms with Crippen LogP contribution in [0.2, 0.25) is 0 Å². The normalized spacial score (nSPS) is 13.3. The number of hydrogen-bond donors (Lipinski definition) is 0. The second kappa shape index (κ2) is 49.2. The molecule has 6 heteroatoms. The predicted octanol–water partition coefficient (Wildman–Crippen LogP) is 15.9. The maximum Gasteiger partial charge on any atom is 0.306 e. The number of esters is 3. The fourth-order valence-corrected chi connectivity index (χ4v) is 5.96. The van der Waals surface area contributed by atoms with Crippen molar-refractivity contribution in [1.82, 2.24) is 0 Å². The Labute approximate surface area is 379 Å². The number of ether oxygens (including phenoxy) is 3. The van der Waals surface area contributed by atoms with Gasteiger partial charge in [-0.15, -0.1) is 0 Å². The Morgan fingerprint density at radius 2 is 0.661 bits per heavy atom. The van der Waals surface area contributed by atoms with Crippen LogP contribution in [0.1, 0.15) is 181 Å². The van der Waals surface area contributed by atoms with Crippen LogP contribution in [0.25, 0.3) is 0 Å². The first-order chi connectivity index (χ1) is 30.5. The summed E-state index contributed by atoms with van der Waals surface area (Å²) in [6, 6.07) is 0. The Hall–Kier alpha value is -4.45. The van der Waals surface area contributed by atoms with Gasteiger partial charge in [0.25, 0.3) is 0 Å². The lowest BCUT2D eigenvalue weighted by atomic mass is 10.1. The average Bonchev–Trinajstić information content (AvgIpc) is 3.27. The van der Waals surface area contributed by atoms with Crippen molar-refractivity contribution in [3.63, 3.8) is 0 Å². The van der Waals surface area contributed by atoms with E-state index < -0.39 is 6.10 Å². The first kappa shape index (κ1) is 57.5. The molecular formula is C56H86O6. The highest BCUT2D eigenvalue weighted by molar-refractivity contribution is 5.71. The quantitative estimate of drug-likeness (QED) is 0.0200. The van der Waals surface area contributed by atoms with Crippen molar-refractivity contribution < 1.29 is 28.6 Å². The standard InChI is InChI=1S/C56H86O6/c1-4-7-10-13-16-19-21-23-25-27-29-30-32-34-37-40-43-46-49-55(58)61-52-53(51-60-54(57)48-45-42-39-36-18-15-12-9-6-3)62-56(59)50-47-44-41-38-35-33-31-28-26-24-22-20-17-14-11-8-5-2/h8,11,14,16-17,19-31,33,35-36,39,53H,4-7,9-10,12-13,15,18,32,34,37-38,40-52H2,1-3H3/b11-8-,17-14-,19-16-,22-20-,23-21-,26-24-,27-25-,30-29-,31-28+,35-33-,39-36-. The molecule has 0 amide bonds. The lowest BCUT2D eigenvalue weighted by Crippen LogP contribution is -2.30. The Morgan fingerprint density at radius 1 is 0.339 bits per heavy atom. The third kappa shape index (κ3) is 46.6. The van der Waals surface area contributed by atoms with Crippen LogP contribution in [0.15, 0.2) is 134 Å². The molecule has 0 aliphatic carbocycles. The molecule has 1 unspecified atom stereocenters. The van der Waals surface area contributed by atoms with E-state index in [9.17, 15) is 14.4 Å². The van der Waals surface area contributed by atoms with Gasteiger partial charge >= 0.3 is 17.9 Å². The van der Waals surface area contributed by atoms with Crippen molar-refractivity contribution in [2.45, 2.75) is 187 Å². The first-order valence-corrected chi connectivity index (χ1v) is 24.3. The lowest BCUT2D eigenvalue weighted by Gasteiger charge is -2.18. The third-order valence-electron chi connectivity index (χ3n) is 9.61. The van der Waals surface area contributed by atoms with Gasteiger partial charge in [-0.1, -0.05) is 212 Å². The van der Waals surface area contributed by atoms with Gasteiger partial charge in [-0.05, 0) is 83.5 Å². The highest BCUT2D eigenvalue weighted by atomic mass is 16.6. The topological polar surface area (TPSA) is 78.9 Å². The number of carbonyl (C=O) groups excluding carboxylic acids is 3. The number of allylic oxidation sites excluding steroid dienone is 22. The summed E-state index contributed by atoms with van der Waals surface area (Å²) < 4.78 is 16.6. The predicted molar refractivity (Wildman–Crippen MR) is 265 cm³/mol. The van der Waals surface area contributed by atoms with Crippen molar-refractivity contribution in [1.29, 1.82) is 0 Å². The molecule has 0 spiro atoms. The van der Waals surface area contributed by atoms with Gasteiger partial charge in [-0.3, -0.25) is 14.4 Å². The molecule has 62 heavy (non-hydrogen) atoms. The molecule has 6 nitrogen and oxygen atoms in total. The van der Waals surface area contributed by atoms with Gasteiger partial charge in [-0.2, -0.15) is 0 Å².